The van der Waals surface area contributed by atoms with Gasteiger partial charge >= 0.3 is 0 Å². The second-order valence-electron chi connectivity index (χ2n) is 5.74. The van der Waals surface area contributed by atoms with Gasteiger partial charge in [-0.15, -0.1) is 0 Å². The van der Waals surface area contributed by atoms with E-state index in [4.69, 9.17) is 0 Å². The molecule has 0 saturated carbocycles. The van der Waals surface area contributed by atoms with Crippen molar-refractivity contribution in [3.05, 3.63) is 24.3 Å². The van der Waals surface area contributed by atoms with Gasteiger partial charge in [0.15, 0.2) is 0 Å². The van der Waals surface area contributed by atoms with Crippen LogP contribution in [0.25, 0.3) is 0 Å². The van der Waals surface area contributed by atoms with E-state index in [0.29, 0.717) is 18.9 Å². The summed E-state index contributed by atoms with van der Waals surface area (Å²) in [7, 11) is 0. The van der Waals surface area contributed by atoms with Crippen LogP contribution < -0.4 is 15.5 Å². The van der Waals surface area contributed by atoms with Crippen LogP contribution in [0.2, 0.25) is 0 Å². The molecule has 5 heteroatoms. The molecule has 2 saturated heterocycles. The number of benzene rings is 1. The molecule has 1 atom stereocenters. The molecular formula is C16H21N3O2. The van der Waals surface area contributed by atoms with E-state index in [-0.39, 0.29) is 11.8 Å². The number of carbonyl (C=O) groups is 2. The number of anilines is 2. The summed E-state index contributed by atoms with van der Waals surface area (Å²) >= 11 is 0. The Bertz CT molecular complexity index is 521. The van der Waals surface area contributed by atoms with Crippen LogP contribution in [-0.4, -0.2) is 30.9 Å². The smallest absolute Gasteiger partial charge is 0.227 e. The first-order valence-corrected chi connectivity index (χ1v) is 7.66. The predicted octanol–water partition coefficient (Wildman–Crippen LogP) is 1.89. The second-order valence-corrected chi connectivity index (χ2v) is 5.74. The zero-order chi connectivity index (χ0) is 14.7. The average Bonchev–Trinajstić information content (AvgIpc) is 3.11. The molecule has 21 heavy (non-hydrogen) atoms. The molecule has 2 N–H and O–H groups in total. The van der Waals surface area contributed by atoms with Crippen molar-refractivity contribution in [1.82, 2.24) is 5.32 Å². The highest BCUT2D eigenvalue weighted by atomic mass is 16.2. The molecule has 0 aliphatic carbocycles. The molecule has 1 unspecified atom stereocenters. The van der Waals surface area contributed by atoms with Crippen molar-refractivity contribution in [1.29, 1.82) is 0 Å². The molecule has 5 nitrogen and oxygen atoms in total. The predicted molar refractivity (Wildman–Crippen MR) is 82.3 cm³/mol. The van der Waals surface area contributed by atoms with Gasteiger partial charge in [-0.25, -0.2) is 0 Å². The highest BCUT2D eigenvalue weighted by Crippen LogP contribution is 2.23. The third kappa shape index (κ3) is 3.42. The lowest BCUT2D eigenvalue weighted by molar-refractivity contribution is -0.117. The van der Waals surface area contributed by atoms with E-state index in [1.54, 1.807) is 4.90 Å². The minimum atomic E-state index is 0.0411. The van der Waals surface area contributed by atoms with Gasteiger partial charge in [-0.1, -0.05) is 0 Å². The average molecular weight is 287 g/mol. The minimum absolute atomic E-state index is 0.0411. The topological polar surface area (TPSA) is 61.4 Å². The van der Waals surface area contributed by atoms with E-state index >= 15 is 0 Å². The van der Waals surface area contributed by atoms with Crippen molar-refractivity contribution in [2.24, 2.45) is 0 Å². The summed E-state index contributed by atoms with van der Waals surface area (Å²) in [6, 6.07) is 7.83. The summed E-state index contributed by atoms with van der Waals surface area (Å²) in [4.78, 5) is 25.4. The molecule has 0 bridgehead atoms. The SMILES string of the molecule is O=C(CC1CCCN1)Nc1ccc(N2CCCC2=O)cc1. The van der Waals surface area contributed by atoms with Gasteiger partial charge in [-0.2, -0.15) is 0 Å². The monoisotopic (exact) mass is 287 g/mol. The lowest BCUT2D eigenvalue weighted by Gasteiger charge is -2.16. The lowest BCUT2D eigenvalue weighted by atomic mass is 10.1. The summed E-state index contributed by atoms with van der Waals surface area (Å²) in [5.74, 6) is 0.221. The highest BCUT2D eigenvalue weighted by molar-refractivity contribution is 5.96. The van der Waals surface area contributed by atoms with Gasteiger partial charge in [0.2, 0.25) is 11.8 Å². The maximum atomic E-state index is 11.9. The third-order valence-corrected chi connectivity index (χ3v) is 4.13. The third-order valence-electron chi connectivity index (χ3n) is 4.13. The maximum Gasteiger partial charge on any atom is 0.227 e. The zero-order valence-electron chi connectivity index (χ0n) is 12.1. The van der Waals surface area contributed by atoms with E-state index < -0.39 is 0 Å². The molecule has 2 amide bonds. The van der Waals surface area contributed by atoms with Crippen molar-refractivity contribution in [3.8, 4) is 0 Å². The minimum Gasteiger partial charge on any atom is -0.326 e. The van der Waals surface area contributed by atoms with Crippen molar-refractivity contribution < 1.29 is 9.59 Å². The van der Waals surface area contributed by atoms with Gasteiger partial charge in [-0.05, 0) is 50.1 Å². The van der Waals surface area contributed by atoms with E-state index in [2.05, 4.69) is 10.6 Å². The van der Waals surface area contributed by atoms with Crippen molar-refractivity contribution in [2.75, 3.05) is 23.3 Å². The van der Waals surface area contributed by atoms with Crippen LogP contribution in [0.4, 0.5) is 11.4 Å². The van der Waals surface area contributed by atoms with Crippen LogP contribution in [-0.2, 0) is 9.59 Å². The number of carbonyl (C=O) groups excluding carboxylic acids is 2. The van der Waals surface area contributed by atoms with E-state index in [0.717, 1.165) is 43.7 Å². The van der Waals surface area contributed by atoms with Gasteiger partial charge in [0.1, 0.15) is 0 Å². The number of nitrogens with one attached hydrogen (secondary N) is 2. The molecule has 112 valence electrons. The molecule has 2 heterocycles. The fraction of sp³-hybridized carbons (Fsp3) is 0.500. The number of rotatable bonds is 4. The van der Waals surface area contributed by atoms with E-state index in [9.17, 15) is 9.59 Å². The number of hydrogen-bond donors (Lipinski definition) is 2. The maximum absolute atomic E-state index is 11.9. The fourth-order valence-electron chi connectivity index (χ4n) is 3.01. The Morgan fingerprint density at radius 1 is 1.29 bits per heavy atom. The summed E-state index contributed by atoms with van der Waals surface area (Å²) in [6.07, 6.45) is 4.30. The molecule has 0 radical (unpaired) electrons. The van der Waals surface area contributed by atoms with Crippen molar-refractivity contribution >= 4 is 23.2 Å². The largest absolute Gasteiger partial charge is 0.326 e. The summed E-state index contributed by atoms with van der Waals surface area (Å²) < 4.78 is 0. The summed E-state index contributed by atoms with van der Waals surface area (Å²) in [5, 5.41) is 6.23. The van der Waals surface area contributed by atoms with Crippen LogP contribution >= 0.6 is 0 Å². The lowest BCUT2D eigenvalue weighted by Crippen LogP contribution is -2.27. The normalized spacial score (nSPS) is 21.8. The van der Waals surface area contributed by atoms with Crippen LogP contribution in [0.15, 0.2) is 24.3 Å². The molecule has 3 rings (SSSR count). The van der Waals surface area contributed by atoms with Gasteiger partial charge in [0.25, 0.3) is 0 Å². The second kappa shape index (κ2) is 6.26. The summed E-state index contributed by atoms with van der Waals surface area (Å²) in [5.41, 5.74) is 1.70. The van der Waals surface area contributed by atoms with Crippen LogP contribution in [0.1, 0.15) is 32.1 Å². The first-order valence-electron chi connectivity index (χ1n) is 7.66. The Balaban J connectivity index is 1.56. The summed E-state index contributed by atoms with van der Waals surface area (Å²) in [6.45, 7) is 1.80. The van der Waals surface area contributed by atoms with Crippen LogP contribution in [0.3, 0.4) is 0 Å². The first-order chi connectivity index (χ1) is 10.2. The molecular weight excluding hydrogens is 266 g/mol. The molecule has 0 aromatic heterocycles. The van der Waals surface area contributed by atoms with E-state index in [1.165, 1.54) is 0 Å². The van der Waals surface area contributed by atoms with Crippen molar-refractivity contribution in [2.45, 2.75) is 38.1 Å². The van der Waals surface area contributed by atoms with Gasteiger partial charge in [0.05, 0.1) is 0 Å². The molecule has 1 aromatic rings. The Kier molecular flexibility index (Phi) is 4.20. The number of hydrogen-bond acceptors (Lipinski definition) is 3. The molecule has 0 spiro atoms. The Labute approximate surface area is 124 Å². The standard InChI is InChI=1S/C16H21N3O2/c20-15(11-13-3-1-9-17-13)18-12-5-7-14(8-6-12)19-10-2-4-16(19)21/h5-8,13,17H,1-4,9-11H2,(H,18,20). The van der Waals surface area contributed by atoms with E-state index in [1.807, 2.05) is 24.3 Å². The van der Waals surface area contributed by atoms with Crippen molar-refractivity contribution in [3.63, 3.8) is 0 Å². The molecule has 2 aliphatic heterocycles. The number of nitrogens with zero attached hydrogens (tertiary/aromatic N) is 1. The quantitative estimate of drug-likeness (QED) is 0.889. The van der Waals surface area contributed by atoms with Crippen LogP contribution in [0.5, 0.6) is 0 Å². The molecule has 2 fully saturated rings. The Hall–Kier alpha value is -1.88. The Morgan fingerprint density at radius 3 is 2.71 bits per heavy atom. The van der Waals surface area contributed by atoms with Crippen LogP contribution in [0, 0.1) is 0 Å². The van der Waals surface area contributed by atoms with Gasteiger partial charge in [-0.3, -0.25) is 9.59 Å². The number of amides is 2. The molecule has 1 aromatic carbocycles. The van der Waals surface area contributed by atoms with Gasteiger partial charge in [0, 0.05) is 36.8 Å². The first kappa shape index (κ1) is 14.1. The Morgan fingerprint density at radius 2 is 2.10 bits per heavy atom. The molecule has 2 aliphatic rings. The van der Waals surface area contributed by atoms with Gasteiger partial charge < -0.3 is 15.5 Å². The fourth-order valence-corrected chi connectivity index (χ4v) is 3.01. The highest BCUT2D eigenvalue weighted by Gasteiger charge is 2.21. The zero-order valence-corrected chi connectivity index (χ0v) is 12.1.